The van der Waals surface area contributed by atoms with Crippen LogP contribution in [0.3, 0.4) is 0 Å². The van der Waals surface area contributed by atoms with Gasteiger partial charge in [-0.25, -0.2) is 0 Å². The molecule has 1 aliphatic heterocycles. The molecular formula is C30H26BNO3. The van der Waals surface area contributed by atoms with Gasteiger partial charge in [-0.2, -0.15) is 0 Å². The van der Waals surface area contributed by atoms with E-state index in [0.29, 0.717) is 0 Å². The summed E-state index contributed by atoms with van der Waals surface area (Å²) in [6.07, 6.45) is 0. The third kappa shape index (κ3) is 2.95. The monoisotopic (exact) mass is 459 g/mol. The summed E-state index contributed by atoms with van der Waals surface area (Å²) >= 11 is 0. The van der Waals surface area contributed by atoms with E-state index in [2.05, 4.69) is 105 Å². The Labute approximate surface area is 204 Å². The maximum absolute atomic E-state index is 6.36. The molecule has 5 heteroatoms. The van der Waals surface area contributed by atoms with Crippen LogP contribution in [0.2, 0.25) is 0 Å². The highest BCUT2D eigenvalue weighted by Gasteiger charge is 2.51. The van der Waals surface area contributed by atoms with Crippen molar-refractivity contribution in [3.8, 4) is 5.69 Å². The maximum atomic E-state index is 6.36. The molecule has 4 nitrogen and oxygen atoms in total. The molecule has 1 aliphatic rings. The Morgan fingerprint density at radius 1 is 0.600 bits per heavy atom. The Kier molecular flexibility index (Phi) is 4.16. The van der Waals surface area contributed by atoms with Crippen molar-refractivity contribution < 1.29 is 13.7 Å². The molecule has 3 heterocycles. The molecule has 2 aromatic heterocycles. The zero-order valence-electron chi connectivity index (χ0n) is 20.3. The number of nitrogens with zero attached hydrogens (tertiary/aromatic N) is 1. The van der Waals surface area contributed by atoms with Gasteiger partial charge in [0.05, 0.1) is 22.2 Å². The Morgan fingerprint density at radius 3 is 2.03 bits per heavy atom. The van der Waals surface area contributed by atoms with Crippen LogP contribution in [-0.4, -0.2) is 22.9 Å². The minimum Gasteiger partial charge on any atom is -0.456 e. The highest BCUT2D eigenvalue weighted by atomic mass is 16.7. The maximum Gasteiger partial charge on any atom is 0.494 e. The van der Waals surface area contributed by atoms with Crippen molar-refractivity contribution in [2.75, 3.05) is 0 Å². The molecule has 35 heavy (non-hydrogen) atoms. The molecule has 0 spiro atoms. The second kappa shape index (κ2) is 7.00. The topological polar surface area (TPSA) is 36.5 Å². The average Bonchev–Trinajstić information content (AvgIpc) is 3.44. The van der Waals surface area contributed by atoms with Crippen LogP contribution < -0.4 is 5.46 Å². The first-order chi connectivity index (χ1) is 16.8. The smallest absolute Gasteiger partial charge is 0.456 e. The van der Waals surface area contributed by atoms with Gasteiger partial charge >= 0.3 is 7.12 Å². The molecule has 1 fully saturated rings. The zero-order chi connectivity index (χ0) is 23.9. The zero-order valence-corrected chi connectivity index (χ0v) is 20.3. The summed E-state index contributed by atoms with van der Waals surface area (Å²) in [5.74, 6) is 0. The largest absolute Gasteiger partial charge is 0.494 e. The van der Waals surface area contributed by atoms with Crippen molar-refractivity contribution in [3.63, 3.8) is 0 Å². The van der Waals surface area contributed by atoms with Crippen molar-refractivity contribution in [3.05, 3.63) is 84.9 Å². The summed E-state index contributed by atoms with van der Waals surface area (Å²) in [5.41, 5.74) is 5.38. The molecule has 0 amide bonds. The van der Waals surface area contributed by atoms with Gasteiger partial charge in [0, 0.05) is 33.3 Å². The van der Waals surface area contributed by atoms with Crippen molar-refractivity contribution in [2.45, 2.75) is 38.9 Å². The van der Waals surface area contributed by atoms with E-state index in [4.69, 9.17) is 13.7 Å². The van der Waals surface area contributed by atoms with Gasteiger partial charge in [0.2, 0.25) is 0 Å². The number of fused-ring (bicyclic) bond motifs is 6. The van der Waals surface area contributed by atoms with Gasteiger partial charge in [-0.1, -0.05) is 48.5 Å². The van der Waals surface area contributed by atoms with E-state index in [1.807, 2.05) is 12.1 Å². The number of hydrogen-bond donors (Lipinski definition) is 0. The van der Waals surface area contributed by atoms with Gasteiger partial charge < -0.3 is 18.3 Å². The lowest BCUT2D eigenvalue weighted by atomic mass is 9.79. The number of benzene rings is 4. The SMILES string of the molecule is CC1(C)OB(c2ccc3c4ccccc4n(-c4ccc5c(c4)oc4ccccc45)c3c2)OC1(C)C. The van der Waals surface area contributed by atoms with Gasteiger partial charge in [-0.05, 0) is 63.5 Å². The molecular weight excluding hydrogens is 433 g/mol. The van der Waals surface area contributed by atoms with Crippen LogP contribution in [0.4, 0.5) is 0 Å². The standard InChI is InChI=1S/C30H26BNO3/c1-29(2)30(3,4)35-31(34-29)19-13-15-22-21-9-5-7-11-25(21)32(26(22)17-19)20-14-16-24-23-10-6-8-12-27(23)33-28(24)18-20/h5-18H,1-4H3. The van der Waals surface area contributed by atoms with Gasteiger partial charge in [0.1, 0.15) is 11.2 Å². The van der Waals surface area contributed by atoms with Crippen LogP contribution in [0.5, 0.6) is 0 Å². The minimum atomic E-state index is -0.409. The first-order valence-corrected chi connectivity index (χ1v) is 12.1. The van der Waals surface area contributed by atoms with E-state index < -0.39 is 7.12 Å². The van der Waals surface area contributed by atoms with Crippen molar-refractivity contribution >= 4 is 56.3 Å². The third-order valence-electron chi connectivity index (χ3n) is 7.84. The molecule has 0 atom stereocenters. The third-order valence-corrected chi connectivity index (χ3v) is 7.84. The summed E-state index contributed by atoms with van der Waals surface area (Å²) < 4.78 is 21.3. The van der Waals surface area contributed by atoms with Crippen molar-refractivity contribution in [2.24, 2.45) is 0 Å². The summed E-state index contributed by atoms with van der Waals surface area (Å²) in [6, 6.07) is 29.7. The minimum absolute atomic E-state index is 0.383. The second-order valence-corrected chi connectivity index (χ2v) is 10.5. The fourth-order valence-corrected chi connectivity index (χ4v) is 5.25. The predicted molar refractivity (Wildman–Crippen MR) is 144 cm³/mol. The first kappa shape index (κ1) is 20.8. The van der Waals surface area contributed by atoms with E-state index in [1.165, 1.54) is 10.8 Å². The first-order valence-electron chi connectivity index (χ1n) is 12.1. The Bertz CT molecular complexity index is 1760. The summed E-state index contributed by atoms with van der Waals surface area (Å²) in [4.78, 5) is 0. The average molecular weight is 459 g/mol. The number of furan rings is 1. The number of para-hydroxylation sites is 2. The molecule has 6 aromatic rings. The lowest BCUT2D eigenvalue weighted by molar-refractivity contribution is 0.00578. The molecule has 0 unspecified atom stereocenters. The number of hydrogen-bond acceptors (Lipinski definition) is 3. The van der Waals surface area contributed by atoms with E-state index in [0.717, 1.165) is 44.1 Å². The van der Waals surface area contributed by atoms with Crippen molar-refractivity contribution in [1.29, 1.82) is 0 Å². The number of rotatable bonds is 2. The van der Waals surface area contributed by atoms with Gasteiger partial charge in [0.25, 0.3) is 0 Å². The van der Waals surface area contributed by atoms with Gasteiger partial charge in [-0.3, -0.25) is 0 Å². The van der Waals surface area contributed by atoms with Crippen LogP contribution in [-0.2, 0) is 9.31 Å². The quantitative estimate of drug-likeness (QED) is 0.262. The fraction of sp³-hybridized carbons (Fsp3) is 0.200. The van der Waals surface area contributed by atoms with Crippen molar-refractivity contribution in [1.82, 2.24) is 4.57 Å². The highest BCUT2D eigenvalue weighted by Crippen LogP contribution is 2.38. The van der Waals surface area contributed by atoms with Crippen LogP contribution in [0.15, 0.2) is 89.3 Å². The lowest BCUT2D eigenvalue weighted by Gasteiger charge is -2.32. The molecule has 0 N–H and O–H groups in total. The molecule has 0 aliphatic carbocycles. The summed E-state index contributed by atoms with van der Waals surface area (Å²) in [5, 5.41) is 4.68. The second-order valence-electron chi connectivity index (χ2n) is 10.5. The lowest BCUT2D eigenvalue weighted by Crippen LogP contribution is -2.41. The van der Waals surface area contributed by atoms with Gasteiger partial charge in [-0.15, -0.1) is 0 Å². The van der Waals surface area contributed by atoms with Crippen LogP contribution in [0.25, 0.3) is 49.4 Å². The van der Waals surface area contributed by atoms with Crippen LogP contribution in [0.1, 0.15) is 27.7 Å². The highest BCUT2D eigenvalue weighted by molar-refractivity contribution is 6.62. The fourth-order valence-electron chi connectivity index (χ4n) is 5.25. The Balaban J connectivity index is 1.46. The van der Waals surface area contributed by atoms with E-state index in [9.17, 15) is 0 Å². The molecule has 4 aromatic carbocycles. The number of aromatic nitrogens is 1. The normalized spacial score (nSPS) is 17.3. The molecule has 0 bridgehead atoms. The Morgan fingerprint density at radius 2 is 1.23 bits per heavy atom. The van der Waals surface area contributed by atoms with E-state index in [-0.39, 0.29) is 11.2 Å². The van der Waals surface area contributed by atoms with Gasteiger partial charge in [0.15, 0.2) is 0 Å². The molecule has 0 radical (unpaired) electrons. The molecule has 172 valence electrons. The van der Waals surface area contributed by atoms with E-state index in [1.54, 1.807) is 0 Å². The molecule has 1 saturated heterocycles. The predicted octanol–water partition coefficient (Wildman–Crippen LogP) is 6.98. The van der Waals surface area contributed by atoms with Crippen LogP contribution in [0, 0.1) is 0 Å². The Hall–Kier alpha value is -3.54. The molecule has 7 rings (SSSR count). The summed E-state index contributed by atoms with van der Waals surface area (Å²) in [7, 11) is -0.409. The summed E-state index contributed by atoms with van der Waals surface area (Å²) in [6.45, 7) is 8.35. The molecule has 0 saturated carbocycles. The van der Waals surface area contributed by atoms with Crippen LogP contribution >= 0.6 is 0 Å². The van der Waals surface area contributed by atoms with E-state index >= 15 is 0 Å².